The SMILES string of the molecule is COc1cc2nncc(-c3cccc(-c4ccoc4)c3)c2cc1OC. The number of hydrogen-bond donors (Lipinski definition) is 0. The van der Waals surface area contributed by atoms with Crippen molar-refractivity contribution in [3.05, 3.63) is 61.2 Å². The summed E-state index contributed by atoms with van der Waals surface area (Å²) in [7, 11) is 3.23. The zero-order chi connectivity index (χ0) is 17.2. The highest BCUT2D eigenvalue weighted by atomic mass is 16.5. The summed E-state index contributed by atoms with van der Waals surface area (Å²) in [6, 6.07) is 13.9. The first-order chi connectivity index (χ1) is 12.3. The molecule has 25 heavy (non-hydrogen) atoms. The number of nitrogens with zero attached hydrogens (tertiary/aromatic N) is 2. The van der Waals surface area contributed by atoms with Gasteiger partial charge in [0.05, 0.1) is 38.5 Å². The largest absolute Gasteiger partial charge is 0.493 e. The molecule has 0 aliphatic heterocycles. The number of aromatic nitrogens is 2. The first kappa shape index (κ1) is 15.2. The molecule has 0 bridgehead atoms. The van der Waals surface area contributed by atoms with Crippen LogP contribution >= 0.6 is 0 Å². The van der Waals surface area contributed by atoms with Gasteiger partial charge in [-0.2, -0.15) is 10.2 Å². The number of furan rings is 1. The van der Waals surface area contributed by atoms with Crippen molar-refractivity contribution in [1.82, 2.24) is 10.2 Å². The maximum atomic E-state index is 5.43. The highest BCUT2D eigenvalue weighted by molar-refractivity contribution is 5.96. The number of rotatable bonds is 4. The van der Waals surface area contributed by atoms with Gasteiger partial charge in [0.25, 0.3) is 0 Å². The number of hydrogen-bond acceptors (Lipinski definition) is 5. The van der Waals surface area contributed by atoms with Crippen molar-refractivity contribution in [3.8, 4) is 33.8 Å². The summed E-state index contributed by atoms with van der Waals surface area (Å²) in [5, 5.41) is 9.33. The zero-order valence-corrected chi connectivity index (χ0v) is 13.9. The van der Waals surface area contributed by atoms with Gasteiger partial charge in [-0.05, 0) is 29.3 Å². The molecule has 2 aromatic heterocycles. The van der Waals surface area contributed by atoms with E-state index in [-0.39, 0.29) is 0 Å². The molecule has 124 valence electrons. The van der Waals surface area contributed by atoms with Crippen LogP contribution in [-0.2, 0) is 0 Å². The Morgan fingerprint density at radius 1 is 0.880 bits per heavy atom. The lowest BCUT2D eigenvalue weighted by Gasteiger charge is -2.11. The molecule has 0 spiro atoms. The highest BCUT2D eigenvalue weighted by Gasteiger charge is 2.12. The molecule has 0 atom stereocenters. The van der Waals surface area contributed by atoms with Crippen LogP contribution in [0, 0.1) is 0 Å². The van der Waals surface area contributed by atoms with Crippen LogP contribution in [0.15, 0.2) is 65.6 Å². The monoisotopic (exact) mass is 332 g/mol. The van der Waals surface area contributed by atoms with Gasteiger partial charge in [-0.15, -0.1) is 0 Å². The third-order valence-corrected chi connectivity index (χ3v) is 4.17. The van der Waals surface area contributed by atoms with E-state index in [0.29, 0.717) is 11.5 Å². The predicted molar refractivity (Wildman–Crippen MR) is 95.8 cm³/mol. The fourth-order valence-electron chi connectivity index (χ4n) is 2.91. The second kappa shape index (κ2) is 6.28. The molecule has 4 rings (SSSR count). The Bertz CT molecular complexity index is 1030. The van der Waals surface area contributed by atoms with Gasteiger partial charge in [-0.1, -0.05) is 18.2 Å². The second-order valence-corrected chi connectivity index (χ2v) is 5.58. The molecule has 2 heterocycles. The minimum absolute atomic E-state index is 0.633. The van der Waals surface area contributed by atoms with Gasteiger partial charge in [0.1, 0.15) is 0 Å². The van der Waals surface area contributed by atoms with Gasteiger partial charge >= 0.3 is 0 Å². The molecule has 0 saturated heterocycles. The van der Waals surface area contributed by atoms with E-state index in [1.54, 1.807) is 32.9 Å². The van der Waals surface area contributed by atoms with Crippen LogP contribution in [0.25, 0.3) is 33.2 Å². The van der Waals surface area contributed by atoms with Crippen molar-refractivity contribution in [3.63, 3.8) is 0 Å². The minimum Gasteiger partial charge on any atom is -0.493 e. The van der Waals surface area contributed by atoms with E-state index in [1.165, 1.54) is 0 Å². The number of fused-ring (bicyclic) bond motifs is 1. The van der Waals surface area contributed by atoms with Crippen molar-refractivity contribution in [2.24, 2.45) is 0 Å². The van der Waals surface area contributed by atoms with Crippen LogP contribution in [0.5, 0.6) is 11.5 Å². The normalized spacial score (nSPS) is 10.8. The van der Waals surface area contributed by atoms with E-state index in [9.17, 15) is 0 Å². The van der Waals surface area contributed by atoms with Gasteiger partial charge in [0, 0.05) is 22.6 Å². The van der Waals surface area contributed by atoms with E-state index in [1.807, 2.05) is 24.3 Å². The van der Waals surface area contributed by atoms with E-state index < -0.39 is 0 Å². The summed E-state index contributed by atoms with van der Waals surface area (Å²) < 4.78 is 16.0. The van der Waals surface area contributed by atoms with Crippen molar-refractivity contribution in [2.75, 3.05) is 14.2 Å². The Kier molecular flexibility index (Phi) is 3.82. The van der Waals surface area contributed by atoms with Crippen LogP contribution in [0.3, 0.4) is 0 Å². The van der Waals surface area contributed by atoms with E-state index in [4.69, 9.17) is 13.9 Å². The predicted octanol–water partition coefficient (Wildman–Crippen LogP) is 4.57. The van der Waals surface area contributed by atoms with Crippen LogP contribution in [-0.4, -0.2) is 24.4 Å². The van der Waals surface area contributed by atoms with Gasteiger partial charge in [0.15, 0.2) is 11.5 Å². The molecule has 0 unspecified atom stereocenters. The molecule has 0 aliphatic rings. The number of methoxy groups -OCH3 is 2. The lowest BCUT2D eigenvalue weighted by molar-refractivity contribution is 0.356. The fraction of sp³-hybridized carbons (Fsp3) is 0.100. The second-order valence-electron chi connectivity index (χ2n) is 5.58. The first-order valence-corrected chi connectivity index (χ1v) is 7.80. The Labute approximate surface area is 144 Å². The van der Waals surface area contributed by atoms with E-state index in [2.05, 4.69) is 28.4 Å². The molecule has 0 amide bonds. The molecule has 0 saturated carbocycles. The summed E-state index contributed by atoms with van der Waals surface area (Å²) in [4.78, 5) is 0. The molecule has 5 heteroatoms. The van der Waals surface area contributed by atoms with Gasteiger partial charge < -0.3 is 13.9 Å². The summed E-state index contributed by atoms with van der Waals surface area (Å²) >= 11 is 0. The summed E-state index contributed by atoms with van der Waals surface area (Å²) in [5.41, 5.74) is 4.90. The molecule has 5 nitrogen and oxygen atoms in total. The molecule has 0 fully saturated rings. The number of ether oxygens (including phenoxy) is 2. The Morgan fingerprint density at radius 2 is 1.68 bits per heavy atom. The summed E-state index contributed by atoms with van der Waals surface area (Å²) in [5.74, 6) is 1.30. The lowest BCUT2D eigenvalue weighted by Crippen LogP contribution is -1.94. The molecule has 0 aliphatic carbocycles. The zero-order valence-electron chi connectivity index (χ0n) is 13.9. The van der Waals surface area contributed by atoms with Crippen molar-refractivity contribution < 1.29 is 13.9 Å². The van der Waals surface area contributed by atoms with Gasteiger partial charge in [-0.3, -0.25) is 0 Å². The first-order valence-electron chi connectivity index (χ1n) is 7.80. The molecule has 0 N–H and O–H groups in total. The maximum absolute atomic E-state index is 5.43. The average Bonchev–Trinajstić information content (AvgIpc) is 3.21. The van der Waals surface area contributed by atoms with Crippen LogP contribution in [0.1, 0.15) is 0 Å². The third-order valence-electron chi connectivity index (χ3n) is 4.17. The maximum Gasteiger partial charge on any atom is 0.162 e. The molecule has 0 radical (unpaired) electrons. The van der Waals surface area contributed by atoms with Crippen molar-refractivity contribution in [1.29, 1.82) is 0 Å². The quantitative estimate of drug-likeness (QED) is 0.548. The Hall–Kier alpha value is -3.34. The lowest BCUT2D eigenvalue weighted by atomic mass is 9.98. The van der Waals surface area contributed by atoms with Gasteiger partial charge in [-0.25, -0.2) is 0 Å². The highest BCUT2D eigenvalue weighted by Crippen LogP contribution is 2.36. The molecule has 4 aromatic rings. The molecular formula is C20H16N2O3. The van der Waals surface area contributed by atoms with Crippen LogP contribution in [0.2, 0.25) is 0 Å². The third kappa shape index (κ3) is 2.70. The Balaban J connectivity index is 1.91. The van der Waals surface area contributed by atoms with Crippen LogP contribution < -0.4 is 9.47 Å². The summed E-state index contributed by atoms with van der Waals surface area (Å²) in [6.45, 7) is 0. The topological polar surface area (TPSA) is 57.4 Å². The van der Waals surface area contributed by atoms with E-state index >= 15 is 0 Å². The van der Waals surface area contributed by atoms with Crippen LogP contribution in [0.4, 0.5) is 0 Å². The smallest absolute Gasteiger partial charge is 0.162 e. The fourth-order valence-corrected chi connectivity index (χ4v) is 2.91. The van der Waals surface area contributed by atoms with Crippen molar-refractivity contribution >= 4 is 10.9 Å². The Morgan fingerprint density at radius 3 is 2.44 bits per heavy atom. The van der Waals surface area contributed by atoms with Crippen molar-refractivity contribution in [2.45, 2.75) is 0 Å². The minimum atomic E-state index is 0.633. The molecule has 2 aromatic carbocycles. The van der Waals surface area contributed by atoms with E-state index in [0.717, 1.165) is 33.2 Å². The molecular weight excluding hydrogens is 316 g/mol. The van der Waals surface area contributed by atoms with Gasteiger partial charge in [0.2, 0.25) is 0 Å². The average molecular weight is 332 g/mol. The summed E-state index contributed by atoms with van der Waals surface area (Å²) in [6.07, 6.45) is 5.17. The standard InChI is InChI=1S/C20H16N2O3/c1-23-19-9-16-17(11-21-22-18(16)10-20(19)24-2)14-5-3-4-13(8-14)15-6-7-25-12-15/h3-12H,1-2H3. The number of benzene rings is 2.